The Bertz CT molecular complexity index is 4500. The lowest BCUT2D eigenvalue weighted by Gasteiger charge is -2.48. The van der Waals surface area contributed by atoms with Gasteiger partial charge in [0.25, 0.3) is 0 Å². The molecule has 0 radical (unpaired) electrons. The van der Waals surface area contributed by atoms with Gasteiger partial charge >= 0.3 is 0 Å². The number of benzene rings is 6. The zero-order chi connectivity index (χ0) is 57.9. The standard InChI is InChI=1S/C79H68N4O4/c1-79-43-42-58-54-27-23-52(45-50(54)21-25-59(58)61(79)31-41-73(79)85)87-72-19-11-18-71(86-51-22-26-53-49(44-51)20-24-56-55(53)28-29-60-57(56)30-40-70(60)84)78(72)77-68-38-36-66(82-68)75(47-14-7-3-8-15-47)64-34-32-62(80-64)74(46-12-5-2-6-13-46)63-33-35-65(81-63)76(48-16-9-4-10-17-48)67-37-39-69(77)83-67/h2-19,22-23,26-27,32-39,44-45,55-61,80,83H,20-21,24-25,28-31,40-43H2,1H3/t55-,56-,57+,58-,59-,60+,61+,79+/m1/s1. The van der Waals surface area contributed by atoms with E-state index in [-0.39, 0.29) is 11.3 Å². The second-order valence-corrected chi connectivity index (χ2v) is 26.2. The van der Waals surface area contributed by atoms with E-state index in [2.05, 4.69) is 205 Å². The minimum Gasteiger partial charge on any atom is -0.457 e. The maximum atomic E-state index is 13.3. The Morgan fingerprint density at radius 1 is 0.414 bits per heavy atom. The number of aromatic nitrogens is 4. The zero-order valence-electron chi connectivity index (χ0n) is 49.0. The molecule has 17 rings (SSSR count). The predicted octanol–water partition coefficient (Wildman–Crippen LogP) is 19.4. The van der Waals surface area contributed by atoms with Gasteiger partial charge in [-0.2, -0.15) is 0 Å². The SMILES string of the molecule is C[C@]12CC[C@@H]3c4ccc(Oc5cccc(Oc6ccc7c(c6)CC[C@H]6[C@@H]8CCC(=O)[C@H]8CC[C@H]76)c5-c5c6nc(c(-c7ccccc7)c7ccc([nH]7)c(-c7ccccc7)c7nc(c(-c8ccccc8)c8ccc5[nH]8)C=C7)C=C6)cc4CC[C@H]3[C@@H]1CCC2=O. The Hall–Kier alpha value is -9.14. The molecule has 5 heterocycles. The fraction of sp³-hybridized carbons (Fsp3) is 0.266. The van der Waals surface area contributed by atoms with Crippen LogP contribution in [-0.4, -0.2) is 31.5 Å². The molecular weight excluding hydrogens is 1070 g/mol. The number of carbonyl (C=O) groups is 2. The molecular formula is C79H68N4O4. The van der Waals surface area contributed by atoms with Crippen LogP contribution in [0.1, 0.15) is 128 Å². The van der Waals surface area contributed by atoms with Crippen LogP contribution >= 0.6 is 0 Å². The topological polar surface area (TPSA) is 110 Å². The van der Waals surface area contributed by atoms with Crippen molar-refractivity contribution in [3.8, 4) is 67.5 Å². The minimum atomic E-state index is -0.173. The van der Waals surface area contributed by atoms with Gasteiger partial charge in [0, 0.05) is 68.5 Å². The summed E-state index contributed by atoms with van der Waals surface area (Å²) in [6.07, 6.45) is 20.3. The molecule has 2 N–H and O–H groups in total. The molecule has 8 aliphatic rings. The zero-order valence-corrected chi connectivity index (χ0v) is 49.0. The summed E-state index contributed by atoms with van der Waals surface area (Å²) in [6.45, 7) is 2.26. The van der Waals surface area contributed by atoms with Crippen molar-refractivity contribution in [2.45, 2.75) is 95.8 Å². The summed E-state index contributed by atoms with van der Waals surface area (Å²) in [7, 11) is 0. The summed E-state index contributed by atoms with van der Waals surface area (Å²) in [5.74, 6) is 7.04. The van der Waals surface area contributed by atoms with Crippen molar-refractivity contribution < 1.29 is 19.1 Å². The number of hydrogen-bond donors (Lipinski definition) is 2. The van der Waals surface area contributed by atoms with Gasteiger partial charge in [-0.1, -0.05) is 116 Å². The Morgan fingerprint density at radius 2 is 0.862 bits per heavy atom. The molecule has 8 nitrogen and oxygen atoms in total. The van der Waals surface area contributed by atoms with Crippen LogP contribution < -0.4 is 9.47 Å². The first-order valence-corrected chi connectivity index (χ1v) is 31.9. The third-order valence-electron chi connectivity index (χ3n) is 21.8. The number of H-pyrrole nitrogens is 2. The van der Waals surface area contributed by atoms with Crippen LogP contribution in [0.2, 0.25) is 0 Å². The number of nitrogens with one attached hydrogen (secondary N) is 2. The van der Waals surface area contributed by atoms with E-state index in [1.54, 1.807) is 0 Å². The number of hydrogen-bond acceptors (Lipinski definition) is 6. The Kier molecular flexibility index (Phi) is 12.5. The van der Waals surface area contributed by atoms with E-state index in [0.29, 0.717) is 58.6 Å². The van der Waals surface area contributed by atoms with Crippen molar-refractivity contribution in [2.24, 2.45) is 35.0 Å². The number of fused-ring (bicyclic) bond motifs is 18. The van der Waals surface area contributed by atoms with Crippen molar-refractivity contribution in [1.29, 1.82) is 0 Å². The first-order chi connectivity index (χ1) is 42.8. The quantitative estimate of drug-likeness (QED) is 0.157. The van der Waals surface area contributed by atoms with Crippen LogP contribution in [-0.2, 0) is 22.4 Å². The smallest absolute Gasteiger partial charge is 0.139 e. The maximum absolute atomic E-state index is 13.3. The third kappa shape index (κ3) is 8.75. The van der Waals surface area contributed by atoms with E-state index >= 15 is 0 Å². The van der Waals surface area contributed by atoms with E-state index in [9.17, 15) is 9.59 Å². The van der Waals surface area contributed by atoms with E-state index in [1.165, 1.54) is 22.3 Å². The maximum Gasteiger partial charge on any atom is 0.139 e. The molecule has 3 aromatic heterocycles. The Balaban J connectivity index is 0.879. The van der Waals surface area contributed by atoms with E-state index < -0.39 is 0 Å². The van der Waals surface area contributed by atoms with Crippen LogP contribution in [0.4, 0.5) is 0 Å². The van der Waals surface area contributed by atoms with Crippen molar-refractivity contribution in [1.82, 2.24) is 19.9 Å². The highest BCUT2D eigenvalue weighted by Gasteiger charge is 2.55. The molecule has 9 aromatic rings. The van der Waals surface area contributed by atoms with Gasteiger partial charge in [0.05, 0.1) is 28.3 Å². The molecule has 8 bridgehead atoms. The van der Waals surface area contributed by atoms with Gasteiger partial charge in [-0.15, -0.1) is 0 Å². The molecule has 428 valence electrons. The van der Waals surface area contributed by atoms with Crippen LogP contribution in [0, 0.1) is 35.0 Å². The number of aromatic amines is 2. The van der Waals surface area contributed by atoms with Gasteiger partial charge in [-0.3, -0.25) is 9.59 Å². The summed E-state index contributed by atoms with van der Waals surface area (Å²) in [6, 6.07) is 60.1. The highest BCUT2D eigenvalue weighted by Crippen LogP contribution is 2.60. The molecule has 0 unspecified atom stereocenters. The first-order valence-electron chi connectivity index (χ1n) is 31.9. The lowest BCUT2D eigenvalue weighted by molar-refractivity contribution is -0.129. The minimum absolute atomic E-state index is 0.173. The normalized spacial score (nSPS) is 23.9. The molecule has 0 spiro atoms. The molecule has 6 aromatic carbocycles. The van der Waals surface area contributed by atoms with Gasteiger partial charge < -0.3 is 19.4 Å². The van der Waals surface area contributed by atoms with Gasteiger partial charge in [0.2, 0.25) is 0 Å². The Morgan fingerprint density at radius 3 is 1.39 bits per heavy atom. The number of nitrogens with zero attached hydrogens (tertiary/aromatic N) is 2. The molecule has 87 heavy (non-hydrogen) atoms. The number of carbonyl (C=O) groups excluding carboxylic acids is 2. The fourth-order valence-corrected chi connectivity index (χ4v) is 17.8. The summed E-state index contributed by atoms with van der Waals surface area (Å²) in [5, 5.41) is 0. The predicted molar refractivity (Wildman–Crippen MR) is 348 cm³/mol. The van der Waals surface area contributed by atoms with Gasteiger partial charge in [0.15, 0.2) is 0 Å². The molecule has 0 saturated heterocycles. The van der Waals surface area contributed by atoms with Gasteiger partial charge in [-0.25, -0.2) is 9.97 Å². The lowest BCUT2D eigenvalue weighted by Crippen LogP contribution is -2.42. The average molecular weight is 1140 g/mol. The molecule has 0 amide bonds. The summed E-state index contributed by atoms with van der Waals surface area (Å²) in [4.78, 5) is 45.5. The number of rotatable bonds is 8. The molecule has 4 fully saturated rings. The van der Waals surface area contributed by atoms with E-state index in [1.807, 2.05) is 6.07 Å². The van der Waals surface area contributed by atoms with Crippen molar-refractivity contribution in [3.05, 3.63) is 215 Å². The van der Waals surface area contributed by atoms with E-state index in [4.69, 9.17) is 19.4 Å². The fourth-order valence-electron chi connectivity index (χ4n) is 17.8. The number of ether oxygens (including phenoxy) is 2. The summed E-state index contributed by atoms with van der Waals surface area (Å²) >= 11 is 0. The van der Waals surface area contributed by atoms with Crippen LogP contribution in [0.15, 0.2) is 170 Å². The Labute approximate surface area is 507 Å². The monoisotopic (exact) mass is 1140 g/mol. The first kappa shape index (κ1) is 52.2. The average Bonchev–Trinajstić information content (AvgIpc) is 1.93. The van der Waals surface area contributed by atoms with Crippen molar-refractivity contribution >= 4 is 57.9 Å². The second-order valence-electron chi connectivity index (χ2n) is 26.2. The molecule has 8 atom stereocenters. The highest BCUT2D eigenvalue weighted by atomic mass is 16.5. The highest BCUT2D eigenvalue weighted by molar-refractivity contribution is 6.01. The van der Waals surface area contributed by atoms with E-state index in [0.717, 1.165) is 178 Å². The van der Waals surface area contributed by atoms with Crippen LogP contribution in [0.3, 0.4) is 0 Å². The lowest BCUT2D eigenvalue weighted by atomic mass is 9.55. The van der Waals surface area contributed by atoms with Gasteiger partial charge in [0.1, 0.15) is 34.6 Å². The number of ketones is 2. The number of Topliss-reactive ketones (excluding diaryl/α,β-unsaturated/α-hetero) is 2. The number of aryl methyl sites for hydroxylation is 2. The van der Waals surface area contributed by atoms with Crippen LogP contribution in [0.5, 0.6) is 23.0 Å². The van der Waals surface area contributed by atoms with Gasteiger partial charge in [-0.05, 0) is 224 Å². The molecule has 4 saturated carbocycles. The second kappa shape index (κ2) is 20.8. The largest absolute Gasteiger partial charge is 0.457 e. The third-order valence-corrected chi connectivity index (χ3v) is 21.8. The molecule has 8 heteroatoms. The molecule has 2 aliphatic heterocycles. The van der Waals surface area contributed by atoms with Crippen molar-refractivity contribution in [3.63, 3.8) is 0 Å². The van der Waals surface area contributed by atoms with Crippen LogP contribution in [0.25, 0.3) is 90.9 Å². The summed E-state index contributed by atoms with van der Waals surface area (Å²) < 4.78 is 14.8. The summed E-state index contributed by atoms with van der Waals surface area (Å²) in [5.41, 5.74) is 19.9. The van der Waals surface area contributed by atoms with Crippen molar-refractivity contribution in [2.75, 3.05) is 0 Å². The molecule has 6 aliphatic carbocycles.